The third-order valence-corrected chi connectivity index (χ3v) is 2.98. The van der Waals surface area contributed by atoms with Crippen molar-refractivity contribution in [2.45, 2.75) is 12.8 Å². The fraction of sp³-hybridized carbons (Fsp3) is 0.188. The summed E-state index contributed by atoms with van der Waals surface area (Å²) in [6, 6.07) is 17.9. The van der Waals surface area contributed by atoms with E-state index in [-0.39, 0.29) is 6.61 Å². The van der Waals surface area contributed by atoms with Gasteiger partial charge in [-0.1, -0.05) is 36.4 Å². The van der Waals surface area contributed by atoms with Crippen molar-refractivity contribution in [1.82, 2.24) is 0 Å². The molecular formula is C16H15NO. The summed E-state index contributed by atoms with van der Waals surface area (Å²) in [4.78, 5) is 0. The summed E-state index contributed by atoms with van der Waals surface area (Å²) in [5.74, 6) is 0. The molecule has 2 aromatic carbocycles. The second-order valence-electron chi connectivity index (χ2n) is 4.23. The van der Waals surface area contributed by atoms with E-state index in [1.54, 1.807) is 0 Å². The molecule has 0 aliphatic heterocycles. The molecule has 0 saturated heterocycles. The average Bonchev–Trinajstić information content (AvgIpc) is 2.42. The zero-order valence-corrected chi connectivity index (χ0v) is 10.1. The van der Waals surface area contributed by atoms with Gasteiger partial charge in [-0.2, -0.15) is 5.26 Å². The van der Waals surface area contributed by atoms with Crippen LogP contribution in [0, 0.1) is 11.3 Å². The van der Waals surface area contributed by atoms with Crippen molar-refractivity contribution in [1.29, 1.82) is 5.26 Å². The van der Waals surface area contributed by atoms with E-state index < -0.39 is 0 Å². The molecule has 0 radical (unpaired) electrons. The van der Waals surface area contributed by atoms with E-state index in [9.17, 15) is 0 Å². The van der Waals surface area contributed by atoms with Crippen LogP contribution in [0.4, 0.5) is 0 Å². The highest BCUT2D eigenvalue weighted by atomic mass is 16.2. The topological polar surface area (TPSA) is 44.0 Å². The van der Waals surface area contributed by atoms with Gasteiger partial charge in [0.25, 0.3) is 0 Å². The van der Waals surface area contributed by atoms with Crippen LogP contribution in [0.25, 0.3) is 0 Å². The SMILES string of the molecule is N#Cc1ccc(Cc2ccccc2CCO)cc1. The lowest BCUT2D eigenvalue weighted by Gasteiger charge is -2.08. The summed E-state index contributed by atoms with van der Waals surface area (Å²) in [7, 11) is 0. The highest BCUT2D eigenvalue weighted by Gasteiger charge is 2.02. The Hall–Kier alpha value is -2.11. The van der Waals surface area contributed by atoms with E-state index in [4.69, 9.17) is 10.4 Å². The second-order valence-corrected chi connectivity index (χ2v) is 4.23. The Balaban J connectivity index is 2.20. The molecule has 0 amide bonds. The molecule has 0 unspecified atom stereocenters. The number of rotatable bonds is 4. The average molecular weight is 237 g/mol. The molecule has 0 aliphatic carbocycles. The van der Waals surface area contributed by atoms with Crippen LogP contribution in [0.2, 0.25) is 0 Å². The summed E-state index contributed by atoms with van der Waals surface area (Å²) >= 11 is 0. The first-order valence-corrected chi connectivity index (χ1v) is 6.00. The molecule has 2 rings (SSSR count). The van der Waals surface area contributed by atoms with Crippen molar-refractivity contribution in [3.63, 3.8) is 0 Å². The molecule has 18 heavy (non-hydrogen) atoms. The zero-order valence-electron chi connectivity index (χ0n) is 10.1. The van der Waals surface area contributed by atoms with Crippen LogP contribution < -0.4 is 0 Å². The fourth-order valence-corrected chi connectivity index (χ4v) is 2.01. The van der Waals surface area contributed by atoms with Crippen molar-refractivity contribution in [3.8, 4) is 6.07 Å². The quantitative estimate of drug-likeness (QED) is 0.888. The maximum atomic E-state index is 9.04. The van der Waals surface area contributed by atoms with E-state index in [0.717, 1.165) is 6.42 Å². The standard InChI is InChI=1S/C16H15NO/c17-12-14-7-5-13(6-8-14)11-16-4-2-1-3-15(16)9-10-18/h1-8,18H,9-11H2. The molecule has 0 heterocycles. The Morgan fingerprint density at radius 1 is 0.944 bits per heavy atom. The van der Waals surface area contributed by atoms with Gasteiger partial charge >= 0.3 is 0 Å². The maximum absolute atomic E-state index is 9.04. The minimum atomic E-state index is 0.171. The van der Waals surface area contributed by atoms with Gasteiger partial charge in [-0.15, -0.1) is 0 Å². The van der Waals surface area contributed by atoms with Crippen LogP contribution in [0.15, 0.2) is 48.5 Å². The predicted molar refractivity (Wildman–Crippen MR) is 71.2 cm³/mol. The van der Waals surface area contributed by atoms with Crippen LogP contribution in [0.3, 0.4) is 0 Å². The maximum Gasteiger partial charge on any atom is 0.0991 e. The number of nitrogens with zero attached hydrogens (tertiary/aromatic N) is 1. The molecule has 2 heteroatoms. The van der Waals surface area contributed by atoms with E-state index in [1.807, 2.05) is 36.4 Å². The molecular weight excluding hydrogens is 222 g/mol. The number of aliphatic hydroxyl groups is 1. The number of aliphatic hydroxyl groups excluding tert-OH is 1. The van der Waals surface area contributed by atoms with E-state index in [1.165, 1.54) is 16.7 Å². The van der Waals surface area contributed by atoms with Gasteiger partial charge in [-0.3, -0.25) is 0 Å². The monoisotopic (exact) mass is 237 g/mol. The van der Waals surface area contributed by atoms with Crippen molar-refractivity contribution in [2.24, 2.45) is 0 Å². The first-order valence-electron chi connectivity index (χ1n) is 6.00. The molecule has 2 nitrogen and oxygen atoms in total. The molecule has 90 valence electrons. The van der Waals surface area contributed by atoms with Crippen molar-refractivity contribution >= 4 is 0 Å². The molecule has 0 spiro atoms. The lowest BCUT2D eigenvalue weighted by Crippen LogP contribution is -1.98. The van der Waals surface area contributed by atoms with Gasteiger partial charge in [-0.25, -0.2) is 0 Å². The smallest absolute Gasteiger partial charge is 0.0991 e. The van der Waals surface area contributed by atoms with Crippen LogP contribution in [0.1, 0.15) is 22.3 Å². The van der Waals surface area contributed by atoms with Crippen LogP contribution in [-0.4, -0.2) is 11.7 Å². The summed E-state index contributed by atoms with van der Waals surface area (Å²) in [6.07, 6.45) is 1.52. The van der Waals surface area contributed by atoms with Gasteiger partial charge in [-0.05, 0) is 41.7 Å². The summed E-state index contributed by atoms with van der Waals surface area (Å²) in [6.45, 7) is 0.171. The number of benzene rings is 2. The first-order chi connectivity index (χ1) is 8.83. The lowest BCUT2D eigenvalue weighted by atomic mass is 9.98. The number of hydrogen-bond donors (Lipinski definition) is 1. The molecule has 0 aromatic heterocycles. The zero-order chi connectivity index (χ0) is 12.8. The Labute approximate surface area is 107 Å². The predicted octanol–water partition coefficient (Wildman–Crippen LogP) is 2.68. The van der Waals surface area contributed by atoms with Gasteiger partial charge in [0.2, 0.25) is 0 Å². The van der Waals surface area contributed by atoms with E-state index in [2.05, 4.69) is 18.2 Å². The first kappa shape index (κ1) is 12.3. The summed E-state index contributed by atoms with van der Waals surface area (Å²) in [5.41, 5.74) is 4.28. The molecule has 0 aliphatic rings. The number of hydrogen-bond acceptors (Lipinski definition) is 2. The molecule has 0 bridgehead atoms. The highest BCUT2D eigenvalue weighted by molar-refractivity contribution is 5.36. The highest BCUT2D eigenvalue weighted by Crippen LogP contribution is 2.15. The van der Waals surface area contributed by atoms with Crippen LogP contribution in [-0.2, 0) is 12.8 Å². The molecule has 1 N–H and O–H groups in total. The normalized spacial score (nSPS) is 10.0. The Morgan fingerprint density at radius 2 is 1.61 bits per heavy atom. The van der Waals surface area contributed by atoms with Crippen molar-refractivity contribution < 1.29 is 5.11 Å². The summed E-state index contributed by atoms with van der Waals surface area (Å²) in [5, 5.41) is 17.8. The van der Waals surface area contributed by atoms with E-state index in [0.29, 0.717) is 12.0 Å². The lowest BCUT2D eigenvalue weighted by molar-refractivity contribution is 0.299. The Kier molecular flexibility index (Phi) is 4.11. The van der Waals surface area contributed by atoms with Crippen LogP contribution in [0.5, 0.6) is 0 Å². The fourth-order valence-electron chi connectivity index (χ4n) is 2.01. The summed E-state index contributed by atoms with van der Waals surface area (Å²) < 4.78 is 0. The van der Waals surface area contributed by atoms with Gasteiger partial charge in [0.15, 0.2) is 0 Å². The third-order valence-electron chi connectivity index (χ3n) is 2.98. The van der Waals surface area contributed by atoms with Crippen molar-refractivity contribution in [2.75, 3.05) is 6.61 Å². The molecule has 0 fully saturated rings. The largest absolute Gasteiger partial charge is 0.396 e. The molecule has 2 aromatic rings. The Morgan fingerprint density at radius 3 is 2.22 bits per heavy atom. The van der Waals surface area contributed by atoms with Crippen molar-refractivity contribution in [3.05, 3.63) is 70.8 Å². The number of nitriles is 1. The second kappa shape index (κ2) is 6.00. The van der Waals surface area contributed by atoms with Gasteiger partial charge in [0, 0.05) is 6.61 Å². The minimum Gasteiger partial charge on any atom is -0.396 e. The van der Waals surface area contributed by atoms with Gasteiger partial charge < -0.3 is 5.11 Å². The molecule has 0 atom stereocenters. The Bertz CT molecular complexity index is 552. The van der Waals surface area contributed by atoms with Crippen LogP contribution >= 0.6 is 0 Å². The molecule has 0 saturated carbocycles. The van der Waals surface area contributed by atoms with Gasteiger partial charge in [0.05, 0.1) is 11.6 Å². The minimum absolute atomic E-state index is 0.171. The van der Waals surface area contributed by atoms with E-state index >= 15 is 0 Å². The van der Waals surface area contributed by atoms with Gasteiger partial charge in [0.1, 0.15) is 0 Å². The third kappa shape index (κ3) is 2.97.